The van der Waals surface area contributed by atoms with Gasteiger partial charge in [-0.3, -0.25) is 9.59 Å². The molecular weight excluding hydrogens is 362 g/mol. The van der Waals surface area contributed by atoms with Gasteiger partial charge in [-0.15, -0.1) is 0 Å². The van der Waals surface area contributed by atoms with E-state index in [9.17, 15) is 9.59 Å². The van der Waals surface area contributed by atoms with E-state index < -0.39 is 0 Å². The third kappa shape index (κ3) is 4.29. The molecule has 0 radical (unpaired) electrons. The van der Waals surface area contributed by atoms with Crippen molar-refractivity contribution in [2.45, 2.75) is 13.3 Å². The number of hydrazone groups is 1. The van der Waals surface area contributed by atoms with Crippen LogP contribution in [0.4, 0.5) is 5.69 Å². The average molecular weight is 383 g/mol. The Bertz CT molecular complexity index is 1050. The number of carbonyl (C=O) groups excluding carboxylic acids is 2. The standard InChI is InChI=1S/C20H21N3O5/c1-12(22-23-20(25)11-26-2)8-19(24)21-15-10-17-14(9-18(15)27-3)13-6-4-5-7-16(13)28-17/h4-7,9-10H,8,11H2,1-3H3,(H,21,24)(H,23,25)/b22-12-. The summed E-state index contributed by atoms with van der Waals surface area (Å²) < 4.78 is 16.0. The monoisotopic (exact) mass is 383 g/mol. The first-order chi connectivity index (χ1) is 13.5. The molecule has 3 aromatic rings. The first kappa shape index (κ1) is 19.4. The van der Waals surface area contributed by atoms with Gasteiger partial charge in [-0.05, 0) is 19.1 Å². The van der Waals surface area contributed by atoms with Crippen molar-refractivity contribution < 1.29 is 23.5 Å². The topological polar surface area (TPSA) is 102 Å². The molecule has 0 aliphatic carbocycles. The van der Waals surface area contributed by atoms with Crippen molar-refractivity contribution >= 4 is 45.2 Å². The first-order valence-electron chi connectivity index (χ1n) is 8.62. The maximum absolute atomic E-state index is 12.4. The highest BCUT2D eigenvalue weighted by Gasteiger charge is 2.14. The number of methoxy groups -OCH3 is 2. The summed E-state index contributed by atoms with van der Waals surface area (Å²) >= 11 is 0. The minimum absolute atomic E-state index is 0.00852. The third-order valence-electron chi connectivity index (χ3n) is 4.04. The lowest BCUT2D eigenvalue weighted by Gasteiger charge is -2.10. The SMILES string of the molecule is COCC(=O)N/N=C(/C)CC(=O)Nc1cc2oc3ccccc3c2cc1OC. The summed E-state index contributed by atoms with van der Waals surface area (Å²) in [5.41, 5.74) is 4.67. The Labute approximate surface area is 161 Å². The van der Waals surface area contributed by atoms with Gasteiger partial charge in [0.25, 0.3) is 5.91 Å². The lowest BCUT2D eigenvalue weighted by Crippen LogP contribution is -2.24. The van der Waals surface area contributed by atoms with Crippen molar-refractivity contribution in [3.63, 3.8) is 0 Å². The largest absolute Gasteiger partial charge is 0.495 e. The predicted molar refractivity (Wildman–Crippen MR) is 107 cm³/mol. The van der Waals surface area contributed by atoms with E-state index in [2.05, 4.69) is 15.8 Å². The molecule has 0 unspecified atom stereocenters. The van der Waals surface area contributed by atoms with E-state index in [0.717, 1.165) is 16.4 Å². The van der Waals surface area contributed by atoms with Crippen molar-refractivity contribution in [1.82, 2.24) is 5.43 Å². The minimum Gasteiger partial charge on any atom is -0.495 e. The molecule has 2 amide bonds. The molecule has 0 saturated heterocycles. The maximum atomic E-state index is 12.4. The van der Waals surface area contributed by atoms with Crippen LogP contribution in [0.15, 0.2) is 45.9 Å². The molecule has 0 saturated carbocycles. The Balaban J connectivity index is 1.77. The quantitative estimate of drug-likeness (QED) is 0.482. The Hall–Kier alpha value is -3.39. The Morgan fingerprint density at radius 3 is 2.61 bits per heavy atom. The van der Waals surface area contributed by atoms with Crippen LogP contribution >= 0.6 is 0 Å². The first-order valence-corrected chi connectivity index (χ1v) is 8.62. The van der Waals surface area contributed by atoms with Crippen LogP contribution in [0.5, 0.6) is 5.75 Å². The van der Waals surface area contributed by atoms with Gasteiger partial charge >= 0.3 is 0 Å². The molecule has 0 aliphatic heterocycles. The van der Waals surface area contributed by atoms with Gasteiger partial charge in [-0.2, -0.15) is 5.10 Å². The molecule has 8 heteroatoms. The van der Waals surface area contributed by atoms with E-state index in [0.29, 0.717) is 22.7 Å². The number of rotatable bonds is 7. The fraction of sp³-hybridized carbons (Fsp3) is 0.250. The summed E-state index contributed by atoms with van der Waals surface area (Å²) in [6.07, 6.45) is 0.00852. The smallest absolute Gasteiger partial charge is 0.266 e. The number of carbonyl (C=O) groups is 2. The fourth-order valence-electron chi connectivity index (χ4n) is 2.81. The summed E-state index contributed by atoms with van der Waals surface area (Å²) in [5.74, 6) is -0.161. The molecule has 0 atom stereocenters. The minimum atomic E-state index is -0.390. The normalized spacial score (nSPS) is 11.6. The molecule has 2 N–H and O–H groups in total. The molecule has 1 heterocycles. The van der Waals surface area contributed by atoms with E-state index >= 15 is 0 Å². The summed E-state index contributed by atoms with van der Waals surface area (Å²) in [6.45, 7) is 1.55. The molecule has 1 aromatic heterocycles. The molecule has 2 aromatic carbocycles. The zero-order valence-corrected chi connectivity index (χ0v) is 15.9. The summed E-state index contributed by atoms with van der Waals surface area (Å²) in [7, 11) is 2.95. The molecule has 146 valence electrons. The lowest BCUT2D eigenvalue weighted by atomic mass is 10.1. The molecular formula is C20H21N3O5. The molecule has 0 spiro atoms. The molecule has 0 fully saturated rings. The number of benzene rings is 2. The van der Waals surface area contributed by atoms with E-state index in [1.54, 1.807) is 13.0 Å². The van der Waals surface area contributed by atoms with Crippen LogP contribution in [-0.2, 0) is 14.3 Å². The number of hydrogen-bond donors (Lipinski definition) is 2. The number of para-hydroxylation sites is 1. The van der Waals surface area contributed by atoms with Crippen LogP contribution in [0, 0.1) is 0 Å². The van der Waals surface area contributed by atoms with Crippen molar-refractivity contribution in [3.8, 4) is 5.75 Å². The van der Waals surface area contributed by atoms with Gasteiger partial charge in [0.15, 0.2) is 0 Å². The Morgan fingerprint density at radius 2 is 1.86 bits per heavy atom. The third-order valence-corrected chi connectivity index (χ3v) is 4.04. The summed E-state index contributed by atoms with van der Waals surface area (Å²) in [4.78, 5) is 23.7. The molecule has 8 nitrogen and oxygen atoms in total. The highest BCUT2D eigenvalue weighted by molar-refractivity contribution is 6.10. The molecule has 28 heavy (non-hydrogen) atoms. The number of furan rings is 1. The molecule has 0 bridgehead atoms. The summed E-state index contributed by atoms with van der Waals surface area (Å²) in [5, 5.41) is 8.55. The molecule has 0 aliphatic rings. The number of ether oxygens (including phenoxy) is 2. The maximum Gasteiger partial charge on any atom is 0.266 e. The Kier molecular flexibility index (Phi) is 5.90. The predicted octanol–water partition coefficient (Wildman–Crippen LogP) is 3.06. The number of fused-ring (bicyclic) bond motifs is 3. The number of amides is 2. The van der Waals surface area contributed by atoms with Gasteiger partial charge in [0.2, 0.25) is 5.91 Å². The van der Waals surface area contributed by atoms with Crippen LogP contribution in [0.2, 0.25) is 0 Å². The van der Waals surface area contributed by atoms with Crippen molar-refractivity contribution in [2.24, 2.45) is 5.10 Å². The van der Waals surface area contributed by atoms with Crippen LogP contribution in [0.25, 0.3) is 21.9 Å². The summed E-state index contributed by atoms with van der Waals surface area (Å²) in [6, 6.07) is 11.3. The van der Waals surface area contributed by atoms with E-state index in [-0.39, 0.29) is 24.8 Å². The number of hydrogen-bond acceptors (Lipinski definition) is 6. The number of nitrogens with one attached hydrogen (secondary N) is 2. The van der Waals surface area contributed by atoms with Crippen LogP contribution in [-0.4, -0.2) is 38.4 Å². The van der Waals surface area contributed by atoms with Crippen molar-refractivity contribution in [1.29, 1.82) is 0 Å². The van der Waals surface area contributed by atoms with Gasteiger partial charge in [-0.25, -0.2) is 5.43 Å². The highest BCUT2D eigenvalue weighted by Crippen LogP contribution is 2.36. The van der Waals surface area contributed by atoms with Crippen molar-refractivity contribution in [2.75, 3.05) is 26.1 Å². The van der Waals surface area contributed by atoms with E-state index in [4.69, 9.17) is 13.9 Å². The highest BCUT2D eigenvalue weighted by atomic mass is 16.5. The van der Waals surface area contributed by atoms with E-state index in [1.807, 2.05) is 30.3 Å². The van der Waals surface area contributed by atoms with Gasteiger partial charge in [0.1, 0.15) is 23.5 Å². The zero-order chi connectivity index (χ0) is 20.1. The fourth-order valence-corrected chi connectivity index (χ4v) is 2.81. The average Bonchev–Trinajstić information content (AvgIpc) is 3.03. The zero-order valence-electron chi connectivity index (χ0n) is 15.9. The van der Waals surface area contributed by atoms with E-state index in [1.165, 1.54) is 14.2 Å². The Morgan fingerprint density at radius 1 is 1.07 bits per heavy atom. The van der Waals surface area contributed by atoms with Crippen LogP contribution < -0.4 is 15.5 Å². The second kappa shape index (κ2) is 8.53. The van der Waals surface area contributed by atoms with Crippen molar-refractivity contribution in [3.05, 3.63) is 36.4 Å². The van der Waals surface area contributed by atoms with Crippen LogP contribution in [0.3, 0.4) is 0 Å². The number of nitrogens with zero attached hydrogens (tertiary/aromatic N) is 1. The van der Waals surface area contributed by atoms with Gasteiger partial charge in [0, 0.05) is 29.7 Å². The van der Waals surface area contributed by atoms with Gasteiger partial charge < -0.3 is 19.2 Å². The second-order valence-electron chi connectivity index (χ2n) is 6.19. The lowest BCUT2D eigenvalue weighted by molar-refractivity contribution is -0.124. The number of anilines is 1. The van der Waals surface area contributed by atoms with Gasteiger partial charge in [-0.1, -0.05) is 18.2 Å². The second-order valence-corrected chi connectivity index (χ2v) is 6.19. The molecule has 3 rings (SSSR count). The van der Waals surface area contributed by atoms with Gasteiger partial charge in [0.05, 0.1) is 19.2 Å². The van der Waals surface area contributed by atoms with Crippen LogP contribution in [0.1, 0.15) is 13.3 Å².